The van der Waals surface area contributed by atoms with E-state index in [1.165, 1.54) is 23.3 Å². The minimum atomic E-state index is -0.247. The lowest BCUT2D eigenvalue weighted by Gasteiger charge is -2.07. The fraction of sp³-hybridized carbons (Fsp3) is 0.125. The SMILES string of the molecule is Fc1ccc(-c2ncc(-c3cccc(CNCCc4ccccc4)c3)[nH]2)cc1. The van der Waals surface area contributed by atoms with E-state index in [9.17, 15) is 4.39 Å². The summed E-state index contributed by atoms with van der Waals surface area (Å²) in [5, 5.41) is 3.50. The quantitative estimate of drug-likeness (QED) is 0.438. The third kappa shape index (κ3) is 4.53. The van der Waals surface area contributed by atoms with Crippen molar-refractivity contribution in [2.24, 2.45) is 0 Å². The fourth-order valence-corrected chi connectivity index (χ4v) is 3.18. The number of rotatable bonds is 7. The van der Waals surface area contributed by atoms with E-state index in [0.717, 1.165) is 42.2 Å². The van der Waals surface area contributed by atoms with Crippen LogP contribution in [0.2, 0.25) is 0 Å². The van der Waals surface area contributed by atoms with Crippen LogP contribution < -0.4 is 5.32 Å². The van der Waals surface area contributed by atoms with Crippen molar-refractivity contribution in [1.82, 2.24) is 15.3 Å². The van der Waals surface area contributed by atoms with Crippen LogP contribution in [0.1, 0.15) is 11.1 Å². The van der Waals surface area contributed by atoms with Crippen molar-refractivity contribution < 1.29 is 4.39 Å². The van der Waals surface area contributed by atoms with Crippen LogP contribution in [0.5, 0.6) is 0 Å². The Bertz CT molecular complexity index is 1020. The van der Waals surface area contributed by atoms with E-state index in [0.29, 0.717) is 0 Å². The lowest BCUT2D eigenvalue weighted by Crippen LogP contribution is -2.16. The minimum Gasteiger partial charge on any atom is -0.338 e. The van der Waals surface area contributed by atoms with Gasteiger partial charge in [-0.1, -0.05) is 48.5 Å². The largest absolute Gasteiger partial charge is 0.338 e. The second kappa shape index (κ2) is 8.63. The highest BCUT2D eigenvalue weighted by Crippen LogP contribution is 2.23. The molecule has 0 amide bonds. The number of hydrogen-bond donors (Lipinski definition) is 2. The Hall–Kier alpha value is -3.24. The third-order valence-corrected chi connectivity index (χ3v) is 4.69. The van der Waals surface area contributed by atoms with Gasteiger partial charge in [-0.25, -0.2) is 9.37 Å². The van der Waals surface area contributed by atoms with Crippen molar-refractivity contribution in [2.75, 3.05) is 6.54 Å². The first-order valence-electron chi connectivity index (χ1n) is 9.43. The average molecular weight is 371 g/mol. The van der Waals surface area contributed by atoms with E-state index < -0.39 is 0 Å². The normalized spacial score (nSPS) is 10.9. The lowest BCUT2D eigenvalue weighted by atomic mass is 10.1. The van der Waals surface area contributed by atoms with Gasteiger partial charge in [-0.2, -0.15) is 0 Å². The second-order valence-electron chi connectivity index (χ2n) is 6.77. The van der Waals surface area contributed by atoms with E-state index in [1.807, 2.05) is 12.3 Å². The fourth-order valence-electron chi connectivity index (χ4n) is 3.18. The maximum atomic E-state index is 13.1. The standard InChI is InChI=1S/C24H22FN3/c25-22-11-9-20(10-12-22)24-27-17-23(28-24)21-8-4-7-19(15-21)16-26-14-13-18-5-2-1-3-6-18/h1-12,15,17,26H,13-14,16H2,(H,27,28). The molecule has 0 fully saturated rings. The summed E-state index contributed by atoms with van der Waals surface area (Å²) in [6.07, 6.45) is 2.84. The van der Waals surface area contributed by atoms with Crippen molar-refractivity contribution in [2.45, 2.75) is 13.0 Å². The first-order valence-corrected chi connectivity index (χ1v) is 9.43. The molecule has 0 aliphatic rings. The Labute approximate surface area is 164 Å². The summed E-state index contributed by atoms with van der Waals surface area (Å²) in [5.41, 5.74) is 5.47. The van der Waals surface area contributed by atoms with Crippen molar-refractivity contribution in [3.8, 4) is 22.6 Å². The van der Waals surface area contributed by atoms with Gasteiger partial charge in [0.05, 0.1) is 11.9 Å². The maximum absolute atomic E-state index is 13.1. The first-order chi connectivity index (χ1) is 13.8. The highest BCUT2D eigenvalue weighted by Gasteiger charge is 2.06. The Balaban J connectivity index is 1.39. The van der Waals surface area contributed by atoms with Gasteiger partial charge in [-0.15, -0.1) is 0 Å². The molecule has 0 saturated carbocycles. The van der Waals surface area contributed by atoms with Crippen LogP contribution in [0.15, 0.2) is 85.1 Å². The first kappa shape index (κ1) is 18.1. The van der Waals surface area contributed by atoms with E-state index in [2.05, 4.69) is 63.8 Å². The summed E-state index contributed by atoms with van der Waals surface area (Å²) in [7, 11) is 0. The third-order valence-electron chi connectivity index (χ3n) is 4.69. The molecule has 2 N–H and O–H groups in total. The molecule has 28 heavy (non-hydrogen) atoms. The van der Waals surface area contributed by atoms with Crippen molar-refractivity contribution in [3.63, 3.8) is 0 Å². The van der Waals surface area contributed by atoms with Gasteiger partial charge in [0.1, 0.15) is 11.6 Å². The van der Waals surface area contributed by atoms with Gasteiger partial charge in [-0.05, 0) is 60.0 Å². The number of halogens is 1. The summed E-state index contributed by atoms with van der Waals surface area (Å²) < 4.78 is 13.1. The number of nitrogens with zero attached hydrogens (tertiary/aromatic N) is 1. The Morgan fingerprint density at radius 1 is 0.821 bits per heavy atom. The number of aromatic nitrogens is 2. The van der Waals surface area contributed by atoms with Crippen molar-refractivity contribution >= 4 is 0 Å². The van der Waals surface area contributed by atoms with E-state index in [1.54, 1.807) is 12.1 Å². The summed E-state index contributed by atoms with van der Waals surface area (Å²) >= 11 is 0. The zero-order valence-electron chi connectivity index (χ0n) is 15.5. The van der Waals surface area contributed by atoms with E-state index in [4.69, 9.17) is 0 Å². The van der Waals surface area contributed by atoms with Crippen molar-refractivity contribution in [3.05, 3.63) is 102 Å². The Morgan fingerprint density at radius 3 is 2.43 bits per heavy atom. The number of benzene rings is 3. The van der Waals surface area contributed by atoms with Gasteiger partial charge in [0.25, 0.3) is 0 Å². The highest BCUT2D eigenvalue weighted by molar-refractivity contribution is 5.64. The lowest BCUT2D eigenvalue weighted by molar-refractivity contribution is 0.628. The van der Waals surface area contributed by atoms with Gasteiger partial charge in [-0.3, -0.25) is 0 Å². The van der Waals surface area contributed by atoms with E-state index >= 15 is 0 Å². The van der Waals surface area contributed by atoms with Crippen LogP contribution in [-0.2, 0) is 13.0 Å². The number of imidazole rings is 1. The minimum absolute atomic E-state index is 0.247. The molecule has 0 aliphatic heterocycles. The molecule has 4 rings (SSSR count). The summed E-state index contributed by atoms with van der Waals surface area (Å²) in [5.74, 6) is 0.490. The number of hydrogen-bond acceptors (Lipinski definition) is 2. The molecule has 3 aromatic carbocycles. The van der Waals surface area contributed by atoms with Crippen LogP contribution in [0.4, 0.5) is 4.39 Å². The molecule has 4 aromatic rings. The molecule has 0 bridgehead atoms. The molecule has 1 aromatic heterocycles. The van der Waals surface area contributed by atoms with Gasteiger partial charge in [0, 0.05) is 12.1 Å². The zero-order valence-corrected chi connectivity index (χ0v) is 15.5. The summed E-state index contributed by atoms with van der Waals surface area (Å²) in [6, 6.07) is 25.2. The molecule has 1 heterocycles. The molecule has 0 aliphatic carbocycles. The van der Waals surface area contributed by atoms with Gasteiger partial charge >= 0.3 is 0 Å². The van der Waals surface area contributed by atoms with E-state index in [-0.39, 0.29) is 5.82 Å². The number of nitrogens with one attached hydrogen (secondary N) is 2. The molecular weight excluding hydrogens is 349 g/mol. The number of H-pyrrole nitrogens is 1. The molecule has 0 saturated heterocycles. The maximum Gasteiger partial charge on any atom is 0.137 e. The highest BCUT2D eigenvalue weighted by atomic mass is 19.1. The zero-order chi connectivity index (χ0) is 19.2. The van der Waals surface area contributed by atoms with Crippen LogP contribution in [0.25, 0.3) is 22.6 Å². The monoisotopic (exact) mass is 371 g/mol. The van der Waals surface area contributed by atoms with Crippen LogP contribution in [0.3, 0.4) is 0 Å². The Kier molecular flexibility index (Phi) is 5.59. The van der Waals surface area contributed by atoms with Gasteiger partial charge in [0.2, 0.25) is 0 Å². The van der Waals surface area contributed by atoms with Crippen LogP contribution >= 0.6 is 0 Å². The topological polar surface area (TPSA) is 40.7 Å². The molecule has 0 radical (unpaired) electrons. The molecule has 0 atom stereocenters. The van der Waals surface area contributed by atoms with Gasteiger partial charge < -0.3 is 10.3 Å². The summed E-state index contributed by atoms with van der Waals surface area (Å²) in [6.45, 7) is 1.76. The summed E-state index contributed by atoms with van der Waals surface area (Å²) in [4.78, 5) is 7.76. The Morgan fingerprint density at radius 2 is 1.61 bits per heavy atom. The smallest absolute Gasteiger partial charge is 0.137 e. The van der Waals surface area contributed by atoms with Crippen molar-refractivity contribution in [1.29, 1.82) is 0 Å². The second-order valence-corrected chi connectivity index (χ2v) is 6.77. The molecule has 3 nitrogen and oxygen atoms in total. The molecule has 0 unspecified atom stereocenters. The van der Waals surface area contributed by atoms with Crippen LogP contribution in [0, 0.1) is 5.82 Å². The predicted octanol–water partition coefficient (Wildman–Crippen LogP) is 5.22. The predicted molar refractivity (Wildman–Crippen MR) is 111 cm³/mol. The molecule has 0 spiro atoms. The average Bonchev–Trinajstić information content (AvgIpc) is 3.23. The van der Waals surface area contributed by atoms with Crippen LogP contribution in [-0.4, -0.2) is 16.5 Å². The molecular formula is C24H22FN3. The number of aromatic amines is 1. The van der Waals surface area contributed by atoms with Gasteiger partial charge in [0.15, 0.2) is 0 Å². The molecule has 140 valence electrons. The molecule has 4 heteroatoms.